The van der Waals surface area contributed by atoms with Crippen molar-refractivity contribution in [2.75, 3.05) is 33.2 Å². The van der Waals surface area contributed by atoms with Crippen molar-refractivity contribution in [1.29, 1.82) is 0 Å². The van der Waals surface area contributed by atoms with Crippen LogP contribution in [0.4, 0.5) is 0 Å². The third-order valence-electron chi connectivity index (χ3n) is 3.91. The van der Waals surface area contributed by atoms with E-state index in [0.717, 1.165) is 0 Å². The van der Waals surface area contributed by atoms with Crippen molar-refractivity contribution in [2.45, 2.75) is 46.0 Å². The summed E-state index contributed by atoms with van der Waals surface area (Å²) in [5.41, 5.74) is 0.605. The molecule has 1 aliphatic heterocycles. The SMILES string of the molecule is CCCCN(C)CC1(CC)CCNCC1. The maximum absolute atomic E-state index is 3.47. The van der Waals surface area contributed by atoms with Gasteiger partial charge in [0, 0.05) is 6.54 Å². The van der Waals surface area contributed by atoms with Gasteiger partial charge in [0.05, 0.1) is 0 Å². The van der Waals surface area contributed by atoms with Crippen LogP contribution < -0.4 is 5.32 Å². The van der Waals surface area contributed by atoms with Crippen LogP contribution in [0.5, 0.6) is 0 Å². The molecule has 0 amide bonds. The minimum atomic E-state index is 0.605. The highest BCUT2D eigenvalue weighted by Crippen LogP contribution is 2.33. The Morgan fingerprint density at radius 1 is 1.20 bits per heavy atom. The van der Waals surface area contributed by atoms with Gasteiger partial charge in [0.2, 0.25) is 0 Å². The topological polar surface area (TPSA) is 15.3 Å². The first-order valence-corrected chi connectivity index (χ1v) is 6.62. The smallest absolute Gasteiger partial charge is 0.00358 e. The van der Waals surface area contributed by atoms with Crippen LogP contribution in [-0.2, 0) is 0 Å². The second-order valence-corrected chi connectivity index (χ2v) is 5.19. The Bertz CT molecular complexity index is 162. The minimum Gasteiger partial charge on any atom is -0.317 e. The Morgan fingerprint density at radius 3 is 2.40 bits per heavy atom. The Labute approximate surface area is 95.4 Å². The number of nitrogens with one attached hydrogen (secondary N) is 1. The van der Waals surface area contributed by atoms with E-state index in [9.17, 15) is 0 Å². The third-order valence-corrected chi connectivity index (χ3v) is 3.91. The zero-order valence-electron chi connectivity index (χ0n) is 10.8. The minimum absolute atomic E-state index is 0.605. The lowest BCUT2D eigenvalue weighted by Crippen LogP contribution is -2.43. The summed E-state index contributed by atoms with van der Waals surface area (Å²) in [5.74, 6) is 0. The molecular formula is C13H28N2. The quantitative estimate of drug-likeness (QED) is 0.728. The van der Waals surface area contributed by atoms with E-state index in [1.807, 2.05) is 0 Å². The first-order valence-electron chi connectivity index (χ1n) is 6.62. The van der Waals surface area contributed by atoms with Crippen LogP contribution in [0.1, 0.15) is 46.0 Å². The van der Waals surface area contributed by atoms with Crippen molar-refractivity contribution in [3.63, 3.8) is 0 Å². The molecule has 0 aliphatic carbocycles. The van der Waals surface area contributed by atoms with E-state index in [4.69, 9.17) is 0 Å². The van der Waals surface area contributed by atoms with Crippen LogP contribution in [0.25, 0.3) is 0 Å². The normalized spacial score (nSPS) is 20.8. The molecule has 1 saturated heterocycles. The highest BCUT2D eigenvalue weighted by molar-refractivity contribution is 4.85. The lowest BCUT2D eigenvalue weighted by molar-refractivity contribution is 0.122. The Kier molecular flexibility index (Phi) is 5.62. The summed E-state index contributed by atoms with van der Waals surface area (Å²) in [6.45, 7) is 9.63. The second kappa shape index (κ2) is 6.49. The number of piperidine rings is 1. The van der Waals surface area contributed by atoms with Crippen LogP contribution in [0.2, 0.25) is 0 Å². The van der Waals surface area contributed by atoms with Gasteiger partial charge in [-0.15, -0.1) is 0 Å². The summed E-state index contributed by atoms with van der Waals surface area (Å²) in [5, 5.41) is 3.47. The van der Waals surface area contributed by atoms with Crippen molar-refractivity contribution in [2.24, 2.45) is 5.41 Å². The molecule has 1 rings (SSSR count). The van der Waals surface area contributed by atoms with Gasteiger partial charge in [-0.05, 0) is 57.8 Å². The summed E-state index contributed by atoms with van der Waals surface area (Å²) in [7, 11) is 2.29. The number of rotatable bonds is 6. The van der Waals surface area contributed by atoms with Gasteiger partial charge in [-0.3, -0.25) is 0 Å². The first kappa shape index (κ1) is 13.0. The summed E-state index contributed by atoms with van der Waals surface area (Å²) >= 11 is 0. The highest BCUT2D eigenvalue weighted by Gasteiger charge is 2.30. The summed E-state index contributed by atoms with van der Waals surface area (Å²) < 4.78 is 0. The van der Waals surface area contributed by atoms with E-state index in [-0.39, 0.29) is 0 Å². The first-order chi connectivity index (χ1) is 7.22. The summed E-state index contributed by atoms with van der Waals surface area (Å²) in [6, 6.07) is 0. The Hall–Kier alpha value is -0.0800. The largest absolute Gasteiger partial charge is 0.317 e. The molecule has 1 heterocycles. The number of hydrogen-bond donors (Lipinski definition) is 1. The standard InChI is InChI=1S/C13H28N2/c1-4-6-11-15(3)12-13(5-2)7-9-14-10-8-13/h14H,4-12H2,1-3H3. The fourth-order valence-corrected chi connectivity index (χ4v) is 2.66. The van der Waals surface area contributed by atoms with Crippen molar-refractivity contribution in [3.05, 3.63) is 0 Å². The van der Waals surface area contributed by atoms with E-state index >= 15 is 0 Å². The summed E-state index contributed by atoms with van der Waals surface area (Å²) in [4.78, 5) is 2.54. The zero-order valence-corrected chi connectivity index (χ0v) is 10.8. The van der Waals surface area contributed by atoms with Crippen LogP contribution in [0.3, 0.4) is 0 Å². The van der Waals surface area contributed by atoms with E-state index in [1.165, 1.54) is 58.3 Å². The molecule has 2 heteroatoms. The van der Waals surface area contributed by atoms with E-state index in [1.54, 1.807) is 0 Å². The van der Waals surface area contributed by atoms with E-state index in [2.05, 4.69) is 31.1 Å². The number of unbranched alkanes of at least 4 members (excludes halogenated alkanes) is 1. The number of hydrogen-bond acceptors (Lipinski definition) is 2. The molecule has 15 heavy (non-hydrogen) atoms. The van der Waals surface area contributed by atoms with Crippen molar-refractivity contribution >= 4 is 0 Å². The molecule has 0 aromatic carbocycles. The molecule has 2 nitrogen and oxygen atoms in total. The molecule has 0 aromatic heterocycles. The fraction of sp³-hybridized carbons (Fsp3) is 1.00. The van der Waals surface area contributed by atoms with Gasteiger partial charge in [-0.1, -0.05) is 20.3 Å². The average Bonchev–Trinajstić information content (AvgIpc) is 2.27. The maximum Gasteiger partial charge on any atom is 0.00358 e. The molecule has 0 saturated carbocycles. The van der Waals surface area contributed by atoms with Gasteiger partial charge in [-0.2, -0.15) is 0 Å². The van der Waals surface area contributed by atoms with Gasteiger partial charge in [0.15, 0.2) is 0 Å². The van der Waals surface area contributed by atoms with Crippen LogP contribution in [0.15, 0.2) is 0 Å². The molecular weight excluding hydrogens is 184 g/mol. The summed E-state index contributed by atoms with van der Waals surface area (Å²) in [6.07, 6.45) is 6.71. The number of nitrogens with zero attached hydrogens (tertiary/aromatic N) is 1. The molecule has 0 radical (unpaired) electrons. The molecule has 1 fully saturated rings. The molecule has 1 aliphatic rings. The molecule has 0 bridgehead atoms. The lowest BCUT2D eigenvalue weighted by Gasteiger charge is -2.40. The van der Waals surface area contributed by atoms with Crippen LogP contribution in [-0.4, -0.2) is 38.1 Å². The van der Waals surface area contributed by atoms with Gasteiger partial charge in [0.1, 0.15) is 0 Å². The Balaban J connectivity index is 2.37. The second-order valence-electron chi connectivity index (χ2n) is 5.19. The molecule has 90 valence electrons. The van der Waals surface area contributed by atoms with Crippen molar-refractivity contribution in [1.82, 2.24) is 10.2 Å². The van der Waals surface area contributed by atoms with Gasteiger partial charge >= 0.3 is 0 Å². The van der Waals surface area contributed by atoms with Crippen LogP contribution in [0, 0.1) is 5.41 Å². The fourth-order valence-electron chi connectivity index (χ4n) is 2.66. The molecule has 0 unspecified atom stereocenters. The Morgan fingerprint density at radius 2 is 1.87 bits per heavy atom. The molecule has 0 aromatic rings. The predicted molar refractivity (Wildman–Crippen MR) is 67.2 cm³/mol. The monoisotopic (exact) mass is 212 g/mol. The van der Waals surface area contributed by atoms with E-state index < -0.39 is 0 Å². The third kappa shape index (κ3) is 4.12. The predicted octanol–water partition coefficient (Wildman–Crippen LogP) is 2.50. The lowest BCUT2D eigenvalue weighted by atomic mass is 9.76. The zero-order chi connectivity index (χ0) is 11.1. The van der Waals surface area contributed by atoms with Crippen molar-refractivity contribution < 1.29 is 0 Å². The molecule has 0 spiro atoms. The molecule has 1 N–H and O–H groups in total. The van der Waals surface area contributed by atoms with Gasteiger partial charge in [-0.25, -0.2) is 0 Å². The van der Waals surface area contributed by atoms with Crippen LogP contribution >= 0.6 is 0 Å². The highest BCUT2D eigenvalue weighted by atomic mass is 15.1. The molecule has 0 atom stereocenters. The maximum atomic E-state index is 3.47. The average molecular weight is 212 g/mol. The van der Waals surface area contributed by atoms with Gasteiger partial charge in [0.25, 0.3) is 0 Å². The van der Waals surface area contributed by atoms with E-state index in [0.29, 0.717) is 5.41 Å². The van der Waals surface area contributed by atoms with Gasteiger partial charge < -0.3 is 10.2 Å². The van der Waals surface area contributed by atoms with Crippen molar-refractivity contribution in [3.8, 4) is 0 Å².